The van der Waals surface area contributed by atoms with Crippen molar-refractivity contribution in [3.05, 3.63) is 23.8 Å². The lowest BCUT2D eigenvalue weighted by Gasteiger charge is -1.97. The molecule has 0 aliphatic carbocycles. The second-order valence-electron chi connectivity index (χ2n) is 2.08. The molecule has 4 heteroatoms. The van der Waals surface area contributed by atoms with Crippen molar-refractivity contribution < 1.29 is 4.79 Å². The summed E-state index contributed by atoms with van der Waals surface area (Å²) in [7, 11) is 0. The molecule has 0 saturated heterocycles. The van der Waals surface area contributed by atoms with E-state index in [0.717, 1.165) is 0 Å². The van der Waals surface area contributed by atoms with Crippen LogP contribution in [0.3, 0.4) is 0 Å². The molecular weight excluding hydrogens is 164 g/mol. The number of alkyl halides is 1. The highest BCUT2D eigenvalue weighted by atomic mass is 35.5. The molecule has 0 saturated carbocycles. The topological polar surface area (TPSA) is 42.9 Å². The number of hydrogen-bond acceptors (Lipinski definition) is 3. The summed E-state index contributed by atoms with van der Waals surface area (Å²) in [6, 6.07) is 0. The van der Waals surface area contributed by atoms with Gasteiger partial charge in [0.05, 0.1) is 17.1 Å². The van der Waals surface area contributed by atoms with Crippen LogP contribution in [-0.4, -0.2) is 21.6 Å². The van der Waals surface area contributed by atoms with E-state index in [-0.39, 0.29) is 11.7 Å². The quantitative estimate of drug-likeness (QED) is 0.495. The largest absolute Gasteiger partial charge is 0.293 e. The van der Waals surface area contributed by atoms with E-state index >= 15 is 0 Å². The summed E-state index contributed by atoms with van der Waals surface area (Å²) in [5, 5.41) is 0. The van der Waals surface area contributed by atoms with E-state index < -0.39 is 0 Å². The average molecular weight is 171 g/mol. The Bertz CT molecular complexity index is 275. The zero-order valence-corrected chi connectivity index (χ0v) is 6.80. The smallest absolute Gasteiger partial charge is 0.180 e. The average Bonchev–Trinajstić information content (AvgIpc) is 2.04. The third-order valence-electron chi connectivity index (χ3n) is 1.33. The van der Waals surface area contributed by atoms with Crippen molar-refractivity contribution in [1.29, 1.82) is 0 Å². The number of aryl methyl sites for hydroxylation is 1. The van der Waals surface area contributed by atoms with Crippen molar-refractivity contribution >= 4 is 17.4 Å². The highest BCUT2D eigenvalue weighted by molar-refractivity contribution is 6.30. The first kappa shape index (κ1) is 8.14. The summed E-state index contributed by atoms with van der Waals surface area (Å²) in [5.74, 6) is -0.154. The summed E-state index contributed by atoms with van der Waals surface area (Å²) in [5.41, 5.74) is 1.17. The Hall–Kier alpha value is -0.960. The summed E-state index contributed by atoms with van der Waals surface area (Å²) in [4.78, 5) is 18.6. The standard InChI is InChI=1S/C7H7ClN2O/c1-5-6(7(11)2-8)3-9-4-10-5/h3-4H,2H2,1H3. The molecule has 0 spiro atoms. The lowest BCUT2D eigenvalue weighted by atomic mass is 10.2. The van der Waals surface area contributed by atoms with Crippen molar-refractivity contribution in [2.45, 2.75) is 6.92 Å². The number of rotatable bonds is 2. The molecule has 0 aromatic carbocycles. The molecule has 0 aliphatic rings. The fraction of sp³-hybridized carbons (Fsp3) is 0.286. The van der Waals surface area contributed by atoms with Gasteiger partial charge in [-0.1, -0.05) is 0 Å². The molecular formula is C7H7ClN2O. The van der Waals surface area contributed by atoms with Gasteiger partial charge < -0.3 is 0 Å². The minimum absolute atomic E-state index is 0.0196. The van der Waals surface area contributed by atoms with E-state index in [1.165, 1.54) is 12.5 Å². The van der Waals surface area contributed by atoms with Crippen molar-refractivity contribution in [2.75, 3.05) is 5.88 Å². The first-order valence-corrected chi connectivity index (χ1v) is 3.65. The molecule has 0 atom stereocenters. The van der Waals surface area contributed by atoms with Crippen LogP contribution in [0.1, 0.15) is 16.1 Å². The highest BCUT2D eigenvalue weighted by Crippen LogP contribution is 2.03. The minimum atomic E-state index is -0.134. The number of hydrogen-bond donors (Lipinski definition) is 0. The Morgan fingerprint density at radius 3 is 3.00 bits per heavy atom. The first-order chi connectivity index (χ1) is 5.25. The lowest BCUT2D eigenvalue weighted by molar-refractivity contribution is 0.101. The SMILES string of the molecule is Cc1ncncc1C(=O)CCl. The number of halogens is 1. The molecule has 1 heterocycles. The van der Waals surface area contributed by atoms with Crippen LogP contribution < -0.4 is 0 Å². The maximum absolute atomic E-state index is 11.0. The molecule has 1 rings (SSSR count). The van der Waals surface area contributed by atoms with E-state index in [0.29, 0.717) is 11.3 Å². The molecule has 0 N–H and O–H groups in total. The summed E-state index contributed by atoms with van der Waals surface area (Å²) in [6.07, 6.45) is 2.88. The molecule has 0 aliphatic heterocycles. The number of aromatic nitrogens is 2. The van der Waals surface area contributed by atoms with Gasteiger partial charge in [-0.25, -0.2) is 9.97 Å². The first-order valence-electron chi connectivity index (χ1n) is 3.11. The van der Waals surface area contributed by atoms with E-state index in [4.69, 9.17) is 11.6 Å². The molecule has 58 valence electrons. The summed E-state index contributed by atoms with van der Waals surface area (Å²) in [6.45, 7) is 1.75. The fourth-order valence-corrected chi connectivity index (χ4v) is 0.880. The van der Waals surface area contributed by atoms with Gasteiger partial charge in [0.2, 0.25) is 0 Å². The third-order valence-corrected chi connectivity index (χ3v) is 1.58. The van der Waals surface area contributed by atoms with Crippen molar-refractivity contribution in [3.63, 3.8) is 0 Å². The molecule has 1 aromatic rings. The van der Waals surface area contributed by atoms with Crippen LogP contribution in [0.25, 0.3) is 0 Å². The maximum Gasteiger partial charge on any atom is 0.180 e. The fourth-order valence-electron chi connectivity index (χ4n) is 0.737. The molecule has 0 fully saturated rings. The van der Waals surface area contributed by atoms with Gasteiger partial charge in [0, 0.05) is 6.20 Å². The van der Waals surface area contributed by atoms with Gasteiger partial charge in [0.25, 0.3) is 0 Å². The summed E-state index contributed by atoms with van der Waals surface area (Å²) < 4.78 is 0. The van der Waals surface area contributed by atoms with Crippen LogP contribution in [-0.2, 0) is 0 Å². The van der Waals surface area contributed by atoms with Gasteiger partial charge in [0.15, 0.2) is 5.78 Å². The zero-order valence-electron chi connectivity index (χ0n) is 6.04. The number of Topliss-reactive ketones (excluding diaryl/α,β-unsaturated/α-hetero) is 1. The normalized spacial score (nSPS) is 9.64. The number of carbonyl (C=O) groups excluding carboxylic acids is 1. The predicted octanol–water partition coefficient (Wildman–Crippen LogP) is 1.21. The Balaban J connectivity index is 3.03. The molecule has 0 bridgehead atoms. The summed E-state index contributed by atoms with van der Waals surface area (Å²) >= 11 is 5.35. The zero-order chi connectivity index (χ0) is 8.27. The lowest BCUT2D eigenvalue weighted by Crippen LogP contribution is -2.04. The van der Waals surface area contributed by atoms with Gasteiger partial charge in [-0.3, -0.25) is 4.79 Å². The van der Waals surface area contributed by atoms with Crippen molar-refractivity contribution in [2.24, 2.45) is 0 Å². The van der Waals surface area contributed by atoms with E-state index in [9.17, 15) is 4.79 Å². The minimum Gasteiger partial charge on any atom is -0.293 e. The second-order valence-corrected chi connectivity index (χ2v) is 2.35. The number of carbonyl (C=O) groups is 1. The third kappa shape index (κ3) is 1.74. The Morgan fingerprint density at radius 1 is 1.73 bits per heavy atom. The monoisotopic (exact) mass is 170 g/mol. The van der Waals surface area contributed by atoms with Crippen LogP contribution in [0.15, 0.2) is 12.5 Å². The predicted molar refractivity (Wildman–Crippen MR) is 41.8 cm³/mol. The molecule has 0 radical (unpaired) electrons. The van der Waals surface area contributed by atoms with Crippen LogP contribution in [0.5, 0.6) is 0 Å². The van der Waals surface area contributed by atoms with E-state index in [1.807, 2.05) is 0 Å². The van der Waals surface area contributed by atoms with Gasteiger partial charge in [-0.2, -0.15) is 0 Å². The Kier molecular flexibility index (Phi) is 2.54. The van der Waals surface area contributed by atoms with Crippen LogP contribution in [0.4, 0.5) is 0 Å². The molecule has 0 unspecified atom stereocenters. The van der Waals surface area contributed by atoms with E-state index in [2.05, 4.69) is 9.97 Å². The van der Waals surface area contributed by atoms with Gasteiger partial charge in [-0.15, -0.1) is 11.6 Å². The molecule has 11 heavy (non-hydrogen) atoms. The van der Waals surface area contributed by atoms with E-state index in [1.54, 1.807) is 6.92 Å². The van der Waals surface area contributed by atoms with Crippen LogP contribution in [0.2, 0.25) is 0 Å². The van der Waals surface area contributed by atoms with Gasteiger partial charge >= 0.3 is 0 Å². The van der Waals surface area contributed by atoms with Crippen molar-refractivity contribution in [3.8, 4) is 0 Å². The van der Waals surface area contributed by atoms with Gasteiger partial charge in [0.1, 0.15) is 6.33 Å². The molecule has 1 aromatic heterocycles. The highest BCUT2D eigenvalue weighted by Gasteiger charge is 2.07. The Morgan fingerprint density at radius 2 is 2.45 bits per heavy atom. The Labute approximate surface area is 69.4 Å². The van der Waals surface area contributed by atoms with Crippen molar-refractivity contribution in [1.82, 2.24) is 9.97 Å². The number of nitrogens with zero attached hydrogens (tertiary/aromatic N) is 2. The molecule has 3 nitrogen and oxygen atoms in total. The second kappa shape index (κ2) is 3.44. The maximum atomic E-state index is 11.0. The van der Waals surface area contributed by atoms with Crippen LogP contribution >= 0.6 is 11.6 Å². The molecule has 0 amide bonds. The number of ketones is 1. The van der Waals surface area contributed by atoms with Crippen LogP contribution in [0, 0.1) is 6.92 Å². The van der Waals surface area contributed by atoms with Gasteiger partial charge in [-0.05, 0) is 6.92 Å².